The Morgan fingerprint density at radius 2 is 1.42 bits per heavy atom. The lowest BCUT2D eigenvalue weighted by Gasteiger charge is -2.40. The van der Waals surface area contributed by atoms with Gasteiger partial charge in [0.25, 0.3) is 5.91 Å². The number of carbonyl (C=O) groups excluding carboxylic acids is 1. The van der Waals surface area contributed by atoms with Gasteiger partial charge >= 0.3 is 6.18 Å². The van der Waals surface area contributed by atoms with Crippen LogP contribution in [0.4, 0.5) is 13.2 Å². The van der Waals surface area contributed by atoms with E-state index in [0.717, 1.165) is 38.3 Å². The summed E-state index contributed by atoms with van der Waals surface area (Å²) in [6.07, 6.45) is -4.45. The van der Waals surface area contributed by atoms with Crippen LogP contribution in [0.3, 0.4) is 0 Å². The maximum atomic E-state index is 13.7. The molecule has 2 heterocycles. The molecule has 2 fully saturated rings. The second-order valence-corrected chi connectivity index (χ2v) is 11.6. The standard InChI is InChI=1S/C25H30F3N3O6S/c26-25(27,28)19-1-3-20(4-2-19)37-21-5-7-22(8-6-21)38(34,35)24(23(32)29-33)9-11-30(12-10-24)13-14-31-15-17-36-18-16-31/h1-8,33H,9-18H2,(H,29,32). The molecule has 2 aliphatic heterocycles. The number of piperidine rings is 1. The Morgan fingerprint density at radius 3 is 1.92 bits per heavy atom. The first-order valence-electron chi connectivity index (χ1n) is 12.2. The predicted molar refractivity (Wildman–Crippen MR) is 131 cm³/mol. The predicted octanol–water partition coefficient (Wildman–Crippen LogP) is 2.94. The number of morpholine rings is 1. The summed E-state index contributed by atoms with van der Waals surface area (Å²) in [6.45, 7) is 5.34. The molecule has 13 heteroatoms. The Labute approximate surface area is 219 Å². The lowest BCUT2D eigenvalue weighted by molar-refractivity contribution is -0.137. The number of nitrogens with zero attached hydrogens (tertiary/aromatic N) is 2. The van der Waals surface area contributed by atoms with Gasteiger partial charge < -0.3 is 14.4 Å². The number of ether oxygens (including phenoxy) is 2. The molecule has 0 bridgehead atoms. The van der Waals surface area contributed by atoms with E-state index in [1.807, 2.05) is 0 Å². The van der Waals surface area contributed by atoms with Crippen molar-refractivity contribution in [3.05, 3.63) is 54.1 Å². The fourth-order valence-corrected chi connectivity index (χ4v) is 6.68. The molecule has 2 aliphatic rings. The SMILES string of the molecule is O=C(NO)C1(S(=O)(=O)c2ccc(Oc3ccc(C(F)(F)F)cc3)cc2)CCN(CCN2CCOCC2)CC1. The molecule has 9 nitrogen and oxygen atoms in total. The van der Waals surface area contributed by atoms with E-state index in [0.29, 0.717) is 26.3 Å². The van der Waals surface area contributed by atoms with E-state index in [2.05, 4.69) is 9.80 Å². The van der Waals surface area contributed by atoms with Crippen LogP contribution in [0.2, 0.25) is 0 Å². The molecule has 1 amide bonds. The molecule has 38 heavy (non-hydrogen) atoms. The van der Waals surface area contributed by atoms with Crippen LogP contribution in [-0.2, 0) is 25.5 Å². The average molecular weight is 558 g/mol. The Balaban J connectivity index is 1.44. The fourth-order valence-electron chi connectivity index (χ4n) is 4.73. The summed E-state index contributed by atoms with van der Waals surface area (Å²) >= 11 is 0. The summed E-state index contributed by atoms with van der Waals surface area (Å²) in [5.41, 5.74) is 0.732. The molecule has 0 aliphatic carbocycles. The van der Waals surface area contributed by atoms with Gasteiger partial charge in [0.2, 0.25) is 0 Å². The zero-order valence-corrected chi connectivity index (χ0v) is 21.4. The van der Waals surface area contributed by atoms with Crippen molar-refractivity contribution in [2.45, 2.75) is 28.7 Å². The third-order valence-electron chi connectivity index (χ3n) is 7.08. The van der Waals surface area contributed by atoms with Crippen molar-refractivity contribution in [3.8, 4) is 11.5 Å². The maximum Gasteiger partial charge on any atom is 0.416 e. The lowest BCUT2D eigenvalue weighted by Crippen LogP contribution is -2.58. The summed E-state index contributed by atoms with van der Waals surface area (Å²) in [5, 5.41) is 9.39. The molecular weight excluding hydrogens is 527 g/mol. The van der Waals surface area contributed by atoms with E-state index in [4.69, 9.17) is 9.47 Å². The normalized spacial score (nSPS) is 19.2. The highest BCUT2D eigenvalue weighted by Crippen LogP contribution is 2.37. The Kier molecular flexibility index (Phi) is 8.62. The third kappa shape index (κ3) is 6.12. The third-order valence-corrected chi connectivity index (χ3v) is 9.60. The van der Waals surface area contributed by atoms with E-state index in [1.54, 1.807) is 5.48 Å². The number of likely N-dealkylation sites (tertiary alicyclic amines) is 1. The largest absolute Gasteiger partial charge is 0.457 e. The van der Waals surface area contributed by atoms with Crippen LogP contribution in [0.1, 0.15) is 18.4 Å². The van der Waals surface area contributed by atoms with Gasteiger partial charge in [-0.05, 0) is 61.4 Å². The van der Waals surface area contributed by atoms with E-state index in [-0.39, 0.29) is 29.2 Å². The molecule has 0 saturated carbocycles. The maximum absolute atomic E-state index is 13.7. The van der Waals surface area contributed by atoms with Crippen LogP contribution >= 0.6 is 0 Å². The molecule has 4 rings (SSSR count). The lowest BCUT2D eigenvalue weighted by atomic mass is 9.95. The van der Waals surface area contributed by atoms with Gasteiger partial charge in [0.15, 0.2) is 14.6 Å². The first kappa shape index (κ1) is 28.3. The van der Waals surface area contributed by atoms with Crippen molar-refractivity contribution in [2.24, 2.45) is 0 Å². The molecule has 2 saturated heterocycles. The summed E-state index contributed by atoms with van der Waals surface area (Å²) < 4.78 is 74.7. The van der Waals surface area contributed by atoms with Gasteiger partial charge in [-0.15, -0.1) is 0 Å². The van der Waals surface area contributed by atoms with Crippen molar-refractivity contribution in [1.29, 1.82) is 0 Å². The number of amides is 1. The van der Waals surface area contributed by atoms with Crippen molar-refractivity contribution in [1.82, 2.24) is 15.3 Å². The Morgan fingerprint density at radius 1 is 0.921 bits per heavy atom. The highest BCUT2D eigenvalue weighted by Gasteiger charge is 2.52. The Hall–Kier alpha value is -2.71. The highest BCUT2D eigenvalue weighted by molar-refractivity contribution is 7.93. The molecule has 0 spiro atoms. The highest BCUT2D eigenvalue weighted by atomic mass is 32.2. The zero-order valence-electron chi connectivity index (χ0n) is 20.6. The number of hydrogen-bond donors (Lipinski definition) is 2. The molecular formula is C25H30F3N3O6S. The van der Waals surface area contributed by atoms with Gasteiger partial charge in [0.05, 0.1) is 23.7 Å². The van der Waals surface area contributed by atoms with Gasteiger partial charge in [0, 0.05) is 39.3 Å². The van der Waals surface area contributed by atoms with Crippen LogP contribution in [-0.4, -0.2) is 86.6 Å². The van der Waals surface area contributed by atoms with Crippen molar-refractivity contribution in [3.63, 3.8) is 0 Å². The number of benzene rings is 2. The van der Waals surface area contributed by atoms with Gasteiger partial charge in [0.1, 0.15) is 11.5 Å². The molecule has 2 N–H and O–H groups in total. The van der Waals surface area contributed by atoms with Crippen LogP contribution in [0.15, 0.2) is 53.4 Å². The number of sulfone groups is 1. The minimum Gasteiger partial charge on any atom is -0.457 e. The monoisotopic (exact) mass is 557 g/mol. The molecule has 0 unspecified atom stereocenters. The topological polar surface area (TPSA) is 108 Å². The molecule has 0 atom stereocenters. The number of hydrogen-bond acceptors (Lipinski definition) is 8. The van der Waals surface area contributed by atoms with Crippen LogP contribution < -0.4 is 10.2 Å². The molecule has 2 aromatic carbocycles. The van der Waals surface area contributed by atoms with Gasteiger partial charge in [-0.25, -0.2) is 13.9 Å². The molecule has 2 aromatic rings. The number of hydroxylamine groups is 1. The zero-order chi connectivity index (χ0) is 27.4. The number of rotatable bonds is 8. The van der Waals surface area contributed by atoms with Crippen LogP contribution in [0.25, 0.3) is 0 Å². The summed E-state index contributed by atoms with van der Waals surface area (Å²) in [7, 11) is -4.21. The summed E-state index contributed by atoms with van der Waals surface area (Å²) in [4.78, 5) is 17.0. The van der Waals surface area contributed by atoms with E-state index < -0.39 is 32.2 Å². The second kappa shape index (κ2) is 11.6. The molecule has 0 radical (unpaired) electrons. The van der Waals surface area contributed by atoms with Gasteiger partial charge in [-0.1, -0.05) is 0 Å². The number of nitrogens with one attached hydrogen (secondary N) is 1. The molecule has 0 aromatic heterocycles. The summed E-state index contributed by atoms with van der Waals surface area (Å²) in [6, 6.07) is 9.41. The van der Waals surface area contributed by atoms with Crippen molar-refractivity contribution in [2.75, 3.05) is 52.5 Å². The van der Waals surface area contributed by atoms with Crippen LogP contribution in [0.5, 0.6) is 11.5 Å². The number of halogens is 3. The molecule has 208 valence electrons. The van der Waals surface area contributed by atoms with E-state index >= 15 is 0 Å². The number of carbonyl (C=O) groups is 1. The second-order valence-electron chi connectivity index (χ2n) is 9.33. The number of alkyl halides is 3. The minimum atomic E-state index is -4.47. The Bertz CT molecular complexity index is 1190. The fraction of sp³-hybridized carbons (Fsp3) is 0.480. The van der Waals surface area contributed by atoms with Crippen LogP contribution in [0, 0.1) is 0 Å². The van der Waals surface area contributed by atoms with Crippen molar-refractivity contribution < 1.29 is 41.1 Å². The quantitative estimate of drug-likeness (QED) is 0.377. The van der Waals surface area contributed by atoms with Gasteiger partial charge in [-0.2, -0.15) is 13.2 Å². The van der Waals surface area contributed by atoms with E-state index in [1.165, 1.54) is 36.4 Å². The van der Waals surface area contributed by atoms with Crippen molar-refractivity contribution >= 4 is 15.7 Å². The van der Waals surface area contributed by atoms with Gasteiger partial charge in [-0.3, -0.25) is 14.9 Å². The summed E-state index contributed by atoms with van der Waals surface area (Å²) in [5.74, 6) is -0.619. The first-order chi connectivity index (χ1) is 18.0. The smallest absolute Gasteiger partial charge is 0.416 e. The average Bonchev–Trinajstić information content (AvgIpc) is 2.92. The minimum absolute atomic E-state index is 0.00857. The van der Waals surface area contributed by atoms with E-state index in [9.17, 15) is 31.6 Å². The first-order valence-corrected chi connectivity index (χ1v) is 13.7.